The maximum Gasteiger partial charge on any atom is 0.228 e. The minimum Gasteiger partial charge on any atom is -0.338 e. The molecule has 0 spiro atoms. The van der Waals surface area contributed by atoms with E-state index in [1.807, 2.05) is 21.9 Å². The number of rotatable bonds is 3. The van der Waals surface area contributed by atoms with Gasteiger partial charge in [-0.2, -0.15) is 0 Å². The van der Waals surface area contributed by atoms with Crippen LogP contribution in [0.5, 0.6) is 0 Å². The third-order valence-corrected chi connectivity index (χ3v) is 5.59. The summed E-state index contributed by atoms with van der Waals surface area (Å²) in [6, 6.07) is 4.08. The Hall–Kier alpha value is -2.17. The molecule has 4 rings (SSSR count). The van der Waals surface area contributed by atoms with Crippen molar-refractivity contribution in [3.8, 4) is 0 Å². The lowest BCUT2D eigenvalue weighted by Gasteiger charge is -2.43. The van der Waals surface area contributed by atoms with Crippen molar-refractivity contribution in [2.45, 2.75) is 51.1 Å². The molecule has 2 atom stereocenters. The quantitative estimate of drug-likeness (QED) is 0.796. The third-order valence-electron chi connectivity index (χ3n) is 5.59. The average molecular weight is 339 g/mol. The molecule has 2 fully saturated rings. The summed E-state index contributed by atoms with van der Waals surface area (Å²) < 4.78 is 0. The zero-order chi connectivity index (χ0) is 17.4. The molecule has 1 aliphatic carbocycles. The van der Waals surface area contributed by atoms with Crippen LogP contribution in [-0.4, -0.2) is 45.7 Å². The molecular weight excluding hydrogens is 314 g/mol. The van der Waals surface area contributed by atoms with E-state index in [0.717, 1.165) is 37.9 Å². The molecule has 25 heavy (non-hydrogen) atoms. The van der Waals surface area contributed by atoms with Crippen LogP contribution in [0.25, 0.3) is 0 Å². The van der Waals surface area contributed by atoms with E-state index in [1.54, 1.807) is 12.4 Å². The van der Waals surface area contributed by atoms with E-state index in [9.17, 15) is 9.59 Å². The Morgan fingerprint density at radius 3 is 2.64 bits per heavy atom. The number of hydrogen-bond donors (Lipinski definition) is 0. The van der Waals surface area contributed by atoms with Crippen LogP contribution in [0.2, 0.25) is 0 Å². The number of pyridine rings is 1. The first-order chi connectivity index (χ1) is 12.1. The summed E-state index contributed by atoms with van der Waals surface area (Å²) in [4.78, 5) is 34.1. The highest BCUT2D eigenvalue weighted by molar-refractivity contribution is 5.85. The molecule has 0 unspecified atom stereocenters. The Morgan fingerprint density at radius 2 is 1.96 bits per heavy atom. The van der Waals surface area contributed by atoms with Gasteiger partial charge in [0.25, 0.3) is 0 Å². The molecule has 132 valence electrons. The van der Waals surface area contributed by atoms with Crippen LogP contribution in [-0.2, 0) is 9.59 Å². The number of nitrogens with zero attached hydrogens (tertiary/aromatic N) is 3. The standard InChI is InChI=1S/C20H25N3O2/c1-14-3-2-12-22(13-14)20(25)17-6-7-18(24)23(16-4-5-16)19(17)15-8-10-21-11-9-15/h3,8-11,16-17,19H,2,4-7,12-13H2,1H3/t17-,19+/m0/s1. The highest BCUT2D eigenvalue weighted by Gasteiger charge is 2.47. The van der Waals surface area contributed by atoms with Gasteiger partial charge in [-0.3, -0.25) is 14.6 Å². The fourth-order valence-corrected chi connectivity index (χ4v) is 4.24. The molecule has 0 bridgehead atoms. The second-order valence-corrected chi connectivity index (χ2v) is 7.50. The highest BCUT2D eigenvalue weighted by Crippen LogP contribution is 2.44. The Balaban J connectivity index is 1.65. The van der Waals surface area contributed by atoms with E-state index < -0.39 is 0 Å². The number of carbonyl (C=O) groups is 2. The molecule has 2 amide bonds. The summed E-state index contributed by atoms with van der Waals surface area (Å²) >= 11 is 0. The van der Waals surface area contributed by atoms with Crippen LogP contribution in [0.4, 0.5) is 0 Å². The number of carbonyl (C=O) groups excluding carboxylic acids is 2. The molecule has 1 aromatic heterocycles. The molecule has 1 saturated heterocycles. The second-order valence-electron chi connectivity index (χ2n) is 7.50. The van der Waals surface area contributed by atoms with Crippen molar-refractivity contribution in [1.82, 2.24) is 14.8 Å². The predicted octanol–water partition coefficient (Wildman–Crippen LogP) is 2.70. The smallest absolute Gasteiger partial charge is 0.228 e. The molecule has 1 saturated carbocycles. The fourth-order valence-electron chi connectivity index (χ4n) is 4.24. The van der Waals surface area contributed by atoms with Crippen LogP contribution in [0.15, 0.2) is 36.2 Å². The van der Waals surface area contributed by atoms with Crippen molar-refractivity contribution < 1.29 is 9.59 Å². The van der Waals surface area contributed by atoms with E-state index in [2.05, 4.69) is 18.0 Å². The lowest BCUT2D eigenvalue weighted by atomic mass is 9.83. The molecule has 2 aliphatic heterocycles. The molecule has 1 aromatic rings. The number of amides is 2. The monoisotopic (exact) mass is 339 g/mol. The number of piperidine rings is 1. The van der Waals surface area contributed by atoms with Gasteiger partial charge in [0.2, 0.25) is 11.8 Å². The van der Waals surface area contributed by atoms with Crippen molar-refractivity contribution in [2.24, 2.45) is 5.92 Å². The fraction of sp³-hybridized carbons (Fsp3) is 0.550. The summed E-state index contributed by atoms with van der Waals surface area (Å²) in [6.45, 7) is 3.59. The average Bonchev–Trinajstić information content (AvgIpc) is 3.46. The van der Waals surface area contributed by atoms with Gasteiger partial charge in [-0.05, 0) is 50.3 Å². The van der Waals surface area contributed by atoms with Crippen molar-refractivity contribution in [2.75, 3.05) is 13.1 Å². The van der Waals surface area contributed by atoms with Crippen molar-refractivity contribution in [3.05, 3.63) is 41.7 Å². The lowest BCUT2D eigenvalue weighted by Crippen LogP contribution is -2.50. The van der Waals surface area contributed by atoms with Gasteiger partial charge in [0.1, 0.15) is 0 Å². The maximum absolute atomic E-state index is 13.3. The van der Waals surface area contributed by atoms with Gasteiger partial charge in [0.05, 0.1) is 12.0 Å². The predicted molar refractivity (Wildman–Crippen MR) is 94.5 cm³/mol. The summed E-state index contributed by atoms with van der Waals surface area (Å²) in [5.41, 5.74) is 2.29. The SMILES string of the molecule is CC1=CCCN(C(=O)[C@H]2CCC(=O)N(C3CC3)[C@@H]2c2ccncc2)C1. The topological polar surface area (TPSA) is 53.5 Å². The van der Waals surface area contributed by atoms with Crippen molar-refractivity contribution in [3.63, 3.8) is 0 Å². The van der Waals surface area contributed by atoms with E-state index in [0.29, 0.717) is 18.9 Å². The molecule has 0 aromatic carbocycles. The molecule has 3 aliphatic rings. The van der Waals surface area contributed by atoms with E-state index in [4.69, 9.17) is 0 Å². The van der Waals surface area contributed by atoms with Crippen molar-refractivity contribution in [1.29, 1.82) is 0 Å². The molecule has 5 heteroatoms. The van der Waals surface area contributed by atoms with Crippen LogP contribution >= 0.6 is 0 Å². The van der Waals surface area contributed by atoms with Crippen LogP contribution in [0, 0.1) is 5.92 Å². The van der Waals surface area contributed by atoms with Gasteiger partial charge in [-0.15, -0.1) is 0 Å². The van der Waals surface area contributed by atoms with Gasteiger partial charge in [0.15, 0.2) is 0 Å². The van der Waals surface area contributed by atoms with Crippen LogP contribution < -0.4 is 0 Å². The maximum atomic E-state index is 13.3. The summed E-state index contributed by atoms with van der Waals surface area (Å²) in [5.74, 6) is 0.252. The summed E-state index contributed by atoms with van der Waals surface area (Å²) in [5, 5.41) is 0. The summed E-state index contributed by atoms with van der Waals surface area (Å²) in [6.07, 6.45) is 9.90. The minimum absolute atomic E-state index is 0.143. The Kier molecular flexibility index (Phi) is 4.32. The zero-order valence-corrected chi connectivity index (χ0v) is 14.7. The van der Waals surface area contributed by atoms with Gasteiger partial charge in [-0.1, -0.05) is 11.6 Å². The Bertz CT molecular complexity index is 696. The zero-order valence-electron chi connectivity index (χ0n) is 14.7. The molecule has 5 nitrogen and oxygen atoms in total. The lowest BCUT2D eigenvalue weighted by molar-refractivity contribution is -0.148. The Labute approximate surface area is 148 Å². The normalized spacial score (nSPS) is 27.2. The number of aromatic nitrogens is 1. The van der Waals surface area contributed by atoms with Gasteiger partial charge in [0, 0.05) is 37.9 Å². The first-order valence-corrected chi connectivity index (χ1v) is 9.30. The molecular formula is C20H25N3O2. The van der Waals surface area contributed by atoms with E-state index >= 15 is 0 Å². The largest absolute Gasteiger partial charge is 0.338 e. The van der Waals surface area contributed by atoms with Crippen LogP contribution in [0.1, 0.15) is 50.6 Å². The van der Waals surface area contributed by atoms with Crippen molar-refractivity contribution >= 4 is 11.8 Å². The van der Waals surface area contributed by atoms with E-state index in [1.165, 1.54) is 5.57 Å². The summed E-state index contributed by atoms with van der Waals surface area (Å²) in [7, 11) is 0. The molecule has 3 heterocycles. The van der Waals surface area contributed by atoms with Gasteiger partial charge < -0.3 is 9.80 Å². The first-order valence-electron chi connectivity index (χ1n) is 9.30. The highest BCUT2D eigenvalue weighted by atomic mass is 16.2. The molecule has 0 N–H and O–H groups in total. The molecule has 0 radical (unpaired) electrons. The van der Waals surface area contributed by atoms with Gasteiger partial charge >= 0.3 is 0 Å². The number of hydrogen-bond acceptors (Lipinski definition) is 3. The third kappa shape index (κ3) is 3.20. The first kappa shape index (κ1) is 16.3. The van der Waals surface area contributed by atoms with E-state index in [-0.39, 0.29) is 23.8 Å². The van der Waals surface area contributed by atoms with Crippen LogP contribution in [0.3, 0.4) is 0 Å². The Morgan fingerprint density at radius 1 is 1.20 bits per heavy atom. The van der Waals surface area contributed by atoms with Gasteiger partial charge in [-0.25, -0.2) is 0 Å². The minimum atomic E-state index is -0.147. The number of likely N-dealkylation sites (tertiary alicyclic amines) is 1. The second kappa shape index (κ2) is 6.62.